The number of hydrogen-bond donors (Lipinski definition) is 1. The van der Waals surface area contributed by atoms with Gasteiger partial charge in [0.2, 0.25) is 5.91 Å². The van der Waals surface area contributed by atoms with Crippen molar-refractivity contribution in [2.75, 3.05) is 39.3 Å². The molecule has 3 rings (SSSR count). The summed E-state index contributed by atoms with van der Waals surface area (Å²) < 4.78 is 2.06. The van der Waals surface area contributed by atoms with Gasteiger partial charge >= 0.3 is 0 Å². The molecule has 1 aliphatic rings. The van der Waals surface area contributed by atoms with Crippen LogP contribution in [0.2, 0.25) is 0 Å². The molecule has 1 fully saturated rings. The third-order valence-corrected chi connectivity index (χ3v) is 4.70. The molecular formula is C19H27N5O. The minimum Gasteiger partial charge on any atom is -0.355 e. The lowest BCUT2D eigenvalue weighted by Crippen LogP contribution is -2.49. The van der Waals surface area contributed by atoms with Gasteiger partial charge in [0.1, 0.15) is 5.82 Å². The van der Waals surface area contributed by atoms with Gasteiger partial charge in [-0.3, -0.25) is 14.6 Å². The van der Waals surface area contributed by atoms with Gasteiger partial charge in [-0.2, -0.15) is 0 Å². The van der Waals surface area contributed by atoms with E-state index in [1.165, 1.54) is 5.56 Å². The Morgan fingerprint density at radius 2 is 1.84 bits per heavy atom. The van der Waals surface area contributed by atoms with Gasteiger partial charge < -0.3 is 9.88 Å². The molecule has 1 aromatic heterocycles. The van der Waals surface area contributed by atoms with Gasteiger partial charge in [-0.15, -0.1) is 0 Å². The predicted molar refractivity (Wildman–Crippen MR) is 98.1 cm³/mol. The van der Waals surface area contributed by atoms with Crippen LogP contribution in [0.4, 0.5) is 0 Å². The van der Waals surface area contributed by atoms with Crippen molar-refractivity contribution in [3.8, 4) is 0 Å². The highest BCUT2D eigenvalue weighted by Crippen LogP contribution is 2.06. The van der Waals surface area contributed by atoms with Crippen LogP contribution < -0.4 is 5.32 Å². The largest absolute Gasteiger partial charge is 0.355 e. The normalized spacial score (nSPS) is 16.0. The van der Waals surface area contributed by atoms with E-state index in [1.807, 2.05) is 37.6 Å². The first-order valence-electron chi connectivity index (χ1n) is 8.92. The molecule has 2 aromatic rings. The smallest absolute Gasteiger partial charge is 0.234 e. The van der Waals surface area contributed by atoms with Crippen molar-refractivity contribution >= 4 is 5.91 Å². The van der Waals surface area contributed by atoms with Crippen molar-refractivity contribution in [3.05, 3.63) is 54.1 Å². The molecule has 0 saturated carbocycles. The molecule has 0 unspecified atom stereocenters. The highest BCUT2D eigenvalue weighted by atomic mass is 16.2. The fourth-order valence-electron chi connectivity index (χ4n) is 3.10. The lowest BCUT2D eigenvalue weighted by molar-refractivity contribution is -0.122. The summed E-state index contributed by atoms with van der Waals surface area (Å²) in [6.45, 7) is 5.87. The maximum atomic E-state index is 12.1. The van der Waals surface area contributed by atoms with E-state index in [1.54, 1.807) is 0 Å². The van der Waals surface area contributed by atoms with E-state index in [0.29, 0.717) is 13.1 Å². The molecule has 6 nitrogen and oxygen atoms in total. The molecule has 0 atom stereocenters. The van der Waals surface area contributed by atoms with Gasteiger partial charge in [0.25, 0.3) is 0 Å². The van der Waals surface area contributed by atoms with Crippen LogP contribution in [0, 0.1) is 0 Å². The molecule has 6 heteroatoms. The van der Waals surface area contributed by atoms with Crippen molar-refractivity contribution in [3.63, 3.8) is 0 Å². The maximum Gasteiger partial charge on any atom is 0.234 e. The van der Waals surface area contributed by atoms with Crippen molar-refractivity contribution in [2.24, 2.45) is 7.05 Å². The highest BCUT2D eigenvalue weighted by Gasteiger charge is 2.19. The summed E-state index contributed by atoms with van der Waals surface area (Å²) in [6, 6.07) is 10.2. The molecule has 25 heavy (non-hydrogen) atoms. The topological polar surface area (TPSA) is 53.4 Å². The zero-order valence-corrected chi connectivity index (χ0v) is 14.9. The Morgan fingerprint density at radius 3 is 2.52 bits per heavy atom. The summed E-state index contributed by atoms with van der Waals surface area (Å²) in [5.41, 5.74) is 1.26. The van der Waals surface area contributed by atoms with Gasteiger partial charge in [-0.25, -0.2) is 4.98 Å². The summed E-state index contributed by atoms with van der Waals surface area (Å²) in [5.74, 6) is 1.21. The zero-order valence-electron chi connectivity index (χ0n) is 14.9. The predicted octanol–water partition coefficient (Wildman–Crippen LogP) is 0.897. The van der Waals surface area contributed by atoms with E-state index in [-0.39, 0.29) is 5.91 Å². The van der Waals surface area contributed by atoms with Crippen LogP contribution in [0.5, 0.6) is 0 Å². The van der Waals surface area contributed by atoms with E-state index >= 15 is 0 Å². The Balaban J connectivity index is 1.33. The number of nitrogens with one attached hydrogen (secondary N) is 1. The minimum absolute atomic E-state index is 0.119. The first kappa shape index (κ1) is 17.6. The second kappa shape index (κ2) is 8.78. The summed E-state index contributed by atoms with van der Waals surface area (Å²) >= 11 is 0. The SMILES string of the molecule is Cn1ccnc1CN1CCN(CC(=O)NCCc2ccccc2)CC1. The number of aryl methyl sites for hydroxylation is 1. The molecule has 2 heterocycles. The Bertz CT molecular complexity index is 661. The Morgan fingerprint density at radius 1 is 1.12 bits per heavy atom. The van der Waals surface area contributed by atoms with Gasteiger partial charge in [0, 0.05) is 52.2 Å². The van der Waals surface area contributed by atoms with Crippen LogP contribution in [0.25, 0.3) is 0 Å². The molecule has 1 saturated heterocycles. The number of carbonyl (C=O) groups is 1. The number of imidazole rings is 1. The van der Waals surface area contributed by atoms with Gasteiger partial charge in [0.15, 0.2) is 0 Å². The average molecular weight is 341 g/mol. The molecule has 1 N–H and O–H groups in total. The monoisotopic (exact) mass is 341 g/mol. The maximum absolute atomic E-state index is 12.1. The standard InChI is InChI=1S/C19H27N5O/c1-22-10-9-20-18(22)15-23-11-13-24(14-12-23)16-19(25)21-8-7-17-5-3-2-4-6-17/h2-6,9-10H,7-8,11-16H2,1H3,(H,21,25). The number of hydrogen-bond acceptors (Lipinski definition) is 4. The van der Waals surface area contributed by atoms with Crippen LogP contribution in [-0.2, 0) is 24.8 Å². The average Bonchev–Trinajstić information content (AvgIpc) is 3.02. The number of benzene rings is 1. The molecule has 1 amide bonds. The molecule has 1 aromatic carbocycles. The molecular weight excluding hydrogens is 314 g/mol. The van der Waals surface area contributed by atoms with E-state index in [2.05, 4.69) is 36.8 Å². The molecule has 0 radical (unpaired) electrons. The summed E-state index contributed by atoms with van der Waals surface area (Å²) in [5, 5.41) is 3.03. The van der Waals surface area contributed by atoms with Gasteiger partial charge in [-0.05, 0) is 12.0 Å². The van der Waals surface area contributed by atoms with Gasteiger partial charge in [-0.1, -0.05) is 30.3 Å². The molecule has 0 spiro atoms. The zero-order chi connectivity index (χ0) is 17.5. The van der Waals surface area contributed by atoms with Crippen molar-refractivity contribution < 1.29 is 4.79 Å². The first-order chi connectivity index (χ1) is 12.2. The van der Waals surface area contributed by atoms with Gasteiger partial charge in [0.05, 0.1) is 13.1 Å². The number of amides is 1. The fourth-order valence-corrected chi connectivity index (χ4v) is 3.10. The van der Waals surface area contributed by atoms with Crippen LogP contribution in [0.1, 0.15) is 11.4 Å². The summed E-state index contributed by atoms with van der Waals surface area (Å²) in [6.07, 6.45) is 4.70. The molecule has 1 aliphatic heterocycles. The summed E-state index contributed by atoms with van der Waals surface area (Å²) in [7, 11) is 2.03. The number of piperazine rings is 1. The lowest BCUT2D eigenvalue weighted by atomic mass is 10.1. The quantitative estimate of drug-likeness (QED) is 0.813. The minimum atomic E-state index is 0.119. The number of aromatic nitrogens is 2. The van der Waals surface area contributed by atoms with Crippen LogP contribution in [0.3, 0.4) is 0 Å². The van der Waals surface area contributed by atoms with Crippen LogP contribution >= 0.6 is 0 Å². The molecule has 0 aliphatic carbocycles. The number of nitrogens with zero attached hydrogens (tertiary/aromatic N) is 4. The van der Waals surface area contributed by atoms with E-state index in [9.17, 15) is 4.79 Å². The third kappa shape index (κ3) is 5.41. The van der Waals surface area contributed by atoms with Crippen molar-refractivity contribution in [1.29, 1.82) is 0 Å². The summed E-state index contributed by atoms with van der Waals surface area (Å²) in [4.78, 5) is 21.1. The van der Waals surface area contributed by atoms with Crippen molar-refractivity contribution in [2.45, 2.75) is 13.0 Å². The number of rotatable bonds is 7. The van der Waals surface area contributed by atoms with E-state index < -0.39 is 0 Å². The Kier molecular flexibility index (Phi) is 6.19. The van der Waals surface area contributed by atoms with Crippen molar-refractivity contribution in [1.82, 2.24) is 24.7 Å². The van der Waals surface area contributed by atoms with E-state index in [4.69, 9.17) is 0 Å². The van der Waals surface area contributed by atoms with Crippen LogP contribution in [0.15, 0.2) is 42.7 Å². The second-order valence-corrected chi connectivity index (χ2v) is 6.59. The molecule has 134 valence electrons. The van der Waals surface area contributed by atoms with Crippen LogP contribution in [-0.4, -0.2) is 64.5 Å². The second-order valence-electron chi connectivity index (χ2n) is 6.59. The first-order valence-corrected chi connectivity index (χ1v) is 8.92. The lowest BCUT2D eigenvalue weighted by Gasteiger charge is -2.34. The third-order valence-electron chi connectivity index (χ3n) is 4.70. The van der Waals surface area contributed by atoms with E-state index in [0.717, 1.165) is 45.0 Å². The fraction of sp³-hybridized carbons (Fsp3) is 0.474. The number of carbonyl (C=O) groups excluding carboxylic acids is 1. The molecule has 0 bridgehead atoms. The Hall–Kier alpha value is -2.18. The Labute approximate surface area is 149 Å². The highest BCUT2D eigenvalue weighted by molar-refractivity contribution is 5.78.